The van der Waals surface area contributed by atoms with E-state index in [1.54, 1.807) is 0 Å². The fourth-order valence-electron chi connectivity index (χ4n) is 0.720. The number of thiocarbonyl (C=S) groups is 1. The SMILES string of the molecule is CC(C)CCC(=S)C(C)C. The highest BCUT2D eigenvalue weighted by Crippen LogP contribution is 2.09. The Morgan fingerprint density at radius 2 is 1.70 bits per heavy atom. The summed E-state index contributed by atoms with van der Waals surface area (Å²) in [6.45, 7) is 8.82. The molecule has 0 N–H and O–H groups in total. The Labute approximate surface area is 70.0 Å². The molecule has 0 heterocycles. The topological polar surface area (TPSA) is 0 Å². The van der Waals surface area contributed by atoms with Crippen LogP contribution in [-0.2, 0) is 0 Å². The molecule has 0 rings (SSSR count). The van der Waals surface area contributed by atoms with Crippen LogP contribution in [0.25, 0.3) is 0 Å². The van der Waals surface area contributed by atoms with Crippen molar-refractivity contribution in [2.24, 2.45) is 11.8 Å². The first-order chi connectivity index (χ1) is 4.54. The van der Waals surface area contributed by atoms with Gasteiger partial charge in [-0.1, -0.05) is 39.9 Å². The molecule has 0 radical (unpaired) electrons. The van der Waals surface area contributed by atoms with Gasteiger partial charge in [0.15, 0.2) is 0 Å². The van der Waals surface area contributed by atoms with Gasteiger partial charge in [0.05, 0.1) is 0 Å². The molecule has 0 saturated carbocycles. The minimum atomic E-state index is 0.591. The standard InChI is InChI=1S/C9H18S/c1-7(2)5-6-9(10)8(3)4/h7-8H,5-6H2,1-4H3. The first kappa shape index (κ1) is 10.1. The van der Waals surface area contributed by atoms with E-state index in [0.717, 1.165) is 12.3 Å². The van der Waals surface area contributed by atoms with Crippen molar-refractivity contribution in [2.45, 2.75) is 40.5 Å². The van der Waals surface area contributed by atoms with Crippen LogP contribution >= 0.6 is 12.2 Å². The van der Waals surface area contributed by atoms with E-state index in [4.69, 9.17) is 12.2 Å². The fraction of sp³-hybridized carbons (Fsp3) is 0.889. The lowest BCUT2D eigenvalue weighted by Crippen LogP contribution is -2.05. The summed E-state index contributed by atoms with van der Waals surface area (Å²) < 4.78 is 0. The van der Waals surface area contributed by atoms with Gasteiger partial charge in [-0.25, -0.2) is 0 Å². The lowest BCUT2D eigenvalue weighted by atomic mass is 10.0. The third kappa shape index (κ3) is 4.92. The molecule has 1 heteroatoms. The average molecular weight is 158 g/mol. The minimum absolute atomic E-state index is 0.591. The van der Waals surface area contributed by atoms with Gasteiger partial charge in [0.25, 0.3) is 0 Å². The zero-order valence-corrected chi connectivity index (χ0v) is 8.29. The Balaban J connectivity index is 3.40. The van der Waals surface area contributed by atoms with Gasteiger partial charge in [-0.05, 0) is 29.5 Å². The van der Waals surface area contributed by atoms with E-state index in [1.165, 1.54) is 11.3 Å². The molecule has 0 atom stereocenters. The predicted octanol–water partition coefficient (Wildman–Crippen LogP) is 3.45. The molecular weight excluding hydrogens is 140 g/mol. The van der Waals surface area contributed by atoms with Gasteiger partial charge >= 0.3 is 0 Å². The minimum Gasteiger partial charge on any atom is -0.0894 e. The maximum Gasteiger partial charge on any atom is -0.00460 e. The first-order valence-electron chi connectivity index (χ1n) is 4.06. The van der Waals surface area contributed by atoms with Crippen molar-refractivity contribution in [2.75, 3.05) is 0 Å². The quantitative estimate of drug-likeness (QED) is 0.565. The van der Waals surface area contributed by atoms with Crippen LogP contribution in [0.2, 0.25) is 0 Å². The molecule has 0 fully saturated rings. The van der Waals surface area contributed by atoms with Crippen molar-refractivity contribution in [3.63, 3.8) is 0 Å². The summed E-state index contributed by atoms with van der Waals surface area (Å²) in [6.07, 6.45) is 2.38. The smallest absolute Gasteiger partial charge is 0.00460 e. The highest BCUT2D eigenvalue weighted by molar-refractivity contribution is 7.80. The number of rotatable bonds is 4. The largest absolute Gasteiger partial charge is 0.0894 e. The molecule has 0 aliphatic rings. The Kier molecular flexibility index (Phi) is 4.88. The van der Waals surface area contributed by atoms with Crippen molar-refractivity contribution in [1.29, 1.82) is 0 Å². The number of hydrogen-bond acceptors (Lipinski definition) is 1. The molecule has 0 aliphatic carbocycles. The van der Waals surface area contributed by atoms with Gasteiger partial charge in [-0.15, -0.1) is 0 Å². The van der Waals surface area contributed by atoms with Crippen molar-refractivity contribution >= 4 is 17.1 Å². The van der Waals surface area contributed by atoms with E-state index in [2.05, 4.69) is 27.7 Å². The Morgan fingerprint density at radius 3 is 2.00 bits per heavy atom. The lowest BCUT2D eigenvalue weighted by Gasteiger charge is -2.08. The average Bonchev–Trinajstić information content (AvgIpc) is 1.82. The summed E-state index contributed by atoms with van der Waals surface area (Å²) in [5.74, 6) is 1.38. The van der Waals surface area contributed by atoms with Gasteiger partial charge < -0.3 is 0 Å². The second-order valence-corrected chi connectivity index (χ2v) is 4.08. The summed E-state index contributed by atoms with van der Waals surface area (Å²) in [5, 5.41) is 0. The van der Waals surface area contributed by atoms with Crippen LogP contribution in [0.1, 0.15) is 40.5 Å². The summed E-state index contributed by atoms with van der Waals surface area (Å²) >= 11 is 5.20. The predicted molar refractivity (Wildman–Crippen MR) is 51.5 cm³/mol. The van der Waals surface area contributed by atoms with Crippen molar-refractivity contribution < 1.29 is 0 Å². The second kappa shape index (κ2) is 4.84. The van der Waals surface area contributed by atoms with Crippen LogP contribution in [0.15, 0.2) is 0 Å². The maximum absolute atomic E-state index is 5.20. The van der Waals surface area contributed by atoms with Gasteiger partial charge in [-0.3, -0.25) is 0 Å². The van der Waals surface area contributed by atoms with E-state index in [-0.39, 0.29) is 0 Å². The lowest BCUT2D eigenvalue weighted by molar-refractivity contribution is 0.598. The summed E-state index contributed by atoms with van der Waals surface area (Å²) in [6, 6.07) is 0. The van der Waals surface area contributed by atoms with Gasteiger partial charge in [-0.2, -0.15) is 0 Å². The van der Waals surface area contributed by atoms with Crippen molar-refractivity contribution in [3.05, 3.63) is 0 Å². The molecular formula is C9H18S. The van der Waals surface area contributed by atoms with E-state index in [0.29, 0.717) is 5.92 Å². The molecule has 0 aliphatic heterocycles. The van der Waals surface area contributed by atoms with Crippen molar-refractivity contribution in [3.8, 4) is 0 Å². The van der Waals surface area contributed by atoms with Crippen LogP contribution < -0.4 is 0 Å². The highest BCUT2D eigenvalue weighted by atomic mass is 32.1. The Hall–Kier alpha value is 0.0900. The molecule has 0 aromatic heterocycles. The zero-order valence-electron chi connectivity index (χ0n) is 7.48. The molecule has 0 aromatic rings. The molecule has 0 unspecified atom stereocenters. The van der Waals surface area contributed by atoms with Crippen LogP contribution in [0.4, 0.5) is 0 Å². The van der Waals surface area contributed by atoms with Crippen LogP contribution in [0.5, 0.6) is 0 Å². The summed E-state index contributed by atoms with van der Waals surface area (Å²) in [5.41, 5.74) is 0. The van der Waals surface area contributed by atoms with E-state index >= 15 is 0 Å². The number of hydrogen-bond donors (Lipinski definition) is 0. The Bertz CT molecular complexity index is 103. The molecule has 0 spiro atoms. The first-order valence-corrected chi connectivity index (χ1v) is 4.47. The van der Waals surface area contributed by atoms with E-state index < -0.39 is 0 Å². The fourth-order valence-corrected chi connectivity index (χ4v) is 0.837. The normalized spacial score (nSPS) is 11.0. The monoisotopic (exact) mass is 158 g/mol. The molecule has 60 valence electrons. The molecule has 0 saturated heterocycles. The van der Waals surface area contributed by atoms with E-state index in [9.17, 15) is 0 Å². The van der Waals surface area contributed by atoms with Gasteiger partial charge in [0, 0.05) is 0 Å². The molecule has 0 bridgehead atoms. The van der Waals surface area contributed by atoms with E-state index in [1.807, 2.05) is 0 Å². The van der Waals surface area contributed by atoms with Crippen molar-refractivity contribution in [1.82, 2.24) is 0 Å². The van der Waals surface area contributed by atoms with Crippen LogP contribution in [0, 0.1) is 11.8 Å². The second-order valence-electron chi connectivity index (χ2n) is 3.55. The third-order valence-corrected chi connectivity index (χ3v) is 2.29. The Morgan fingerprint density at radius 1 is 1.20 bits per heavy atom. The molecule has 0 nitrogen and oxygen atoms in total. The zero-order chi connectivity index (χ0) is 8.15. The highest BCUT2D eigenvalue weighted by Gasteiger charge is 2.02. The molecule has 10 heavy (non-hydrogen) atoms. The third-order valence-electron chi connectivity index (χ3n) is 1.61. The van der Waals surface area contributed by atoms with Gasteiger partial charge in [0.2, 0.25) is 0 Å². The van der Waals surface area contributed by atoms with Crippen LogP contribution in [-0.4, -0.2) is 4.86 Å². The van der Waals surface area contributed by atoms with Crippen LogP contribution in [0.3, 0.4) is 0 Å². The molecule has 0 amide bonds. The summed E-state index contributed by atoms with van der Waals surface area (Å²) in [4.78, 5) is 1.23. The molecule has 0 aromatic carbocycles. The van der Waals surface area contributed by atoms with Gasteiger partial charge in [0.1, 0.15) is 0 Å². The summed E-state index contributed by atoms with van der Waals surface area (Å²) in [7, 11) is 0. The maximum atomic E-state index is 5.20.